The average Bonchev–Trinajstić information content (AvgIpc) is 2.21. The number of benzene rings is 1. The maximum Gasteiger partial charge on any atom is 0.338 e. The van der Waals surface area contributed by atoms with Gasteiger partial charge in [0, 0.05) is 12.0 Å². The summed E-state index contributed by atoms with van der Waals surface area (Å²) in [5.41, 5.74) is 3.97. The molecule has 3 N–H and O–H groups in total. The number of halogens is 2. The van der Waals surface area contributed by atoms with Gasteiger partial charge in [0.1, 0.15) is 11.6 Å². The van der Waals surface area contributed by atoms with Gasteiger partial charge in [-0.05, 0) is 12.1 Å². The number of rotatable bonds is 4. The van der Waals surface area contributed by atoms with Crippen molar-refractivity contribution in [3.05, 3.63) is 41.0 Å². The Kier molecular flexibility index (Phi) is 3.92. The van der Waals surface area contributed by atoms with Crippen molar-refractivity contribution in [2.24, 2.45) is 5.73 Å². The van der Waals surface area contributed by atoms with E-state index in [0.29, 0.717) is 6.07 Å². The molecule has 0 aromatic heterocycles. The van der Waals surface area contributed by atoms with Gasteiger partial charge < -0.3 is 10.8 Å². The van der Waals surface area contributed by atoms with Crippen LogP contribution in [0.15, 0.2) is 18.2 Å². The van der Waals surface area contributed by atoms with Crippen LogP contribution in [0, 0.1) is 11.6 Å². The Bertz CT molecular complexity index is 498. The second kappa shape index (κ2) is 5.20. The monoisotopic (exact) mass is 241 g/mol. The highest BCUT2D eigenvalue weighted by Crippen LogP contribution is 2.16. The van der Waals surface area contributed by atoms with Crippen LogP contribution in [0.4, 0.5) is 8.78 Å². The number of carbonyl (C=O) groups is 2. The highest BCUT2D eigenvalue weighted by Gasteiger charge is 2.13. The molecule has 0 unspecified atom stereocenters. The fraction of sp³-hybridized carbons (Fsp3) is 0.0909. The molecule has 0 aliphatic rings. The summed E-state index contributed by atoms with van der Waals surface area (Å²) in [6.45, 7) is 0. The predicted octanol–water partition coefficient (Wildman–Crippen LogP) is 1.55. The molecule has 6 heteroatoms. The van der Waals surface area contributed by atoms with Gasteiger partial charge in [-0.1, -0.05) is 12.2 Å². The molecule has 0 saturated heterocycles. The van der Waals surface area contributed by atoms with E-state index in [0.717, 1.165) is 12.1 Å². The Labute approximate surface area is 95.4 Å². The van der Waals surface area contributed by atoms with E-state index in [1.165, 1.54) is 6.08 Å². The first kappa shape index (κ1) is 12.8. The first-order valence-electron chi connectivity index (χ1n) is 4.59. The second-order valence-corrected chi connectivity index (χ2v) is 3.23. The van der Waals surface area contributed by atoms with E-state index in [-0.39, 0.29) is 12.0 Å². The molecule has 0 aliphatic heterocycles. The standard InChI is InChI=1S/C11H9F2NO3/c12-8-5-7(11(16)17)9(13)4-6(8)2-1-3-10(14)15/h1-2,4-5H,3H2,(H2,14,15)(H,16,17). The molecule has 0 saturated carbocycles. The molecule has 0 atom stereocenters. The minimum Gasteiger partial charge on any atom is -0.478 e. The molecule has 0 bridgehead atoms. The molecule has 1 rings (SSSR count). The minimum absolute atomic E-state index is 0.109. The highest BCUT2D eigenvalue weighted by molar-refractivity contribution is 5.88. The second-order valence-electron chi connectivity index (χ2n) is 3.23. The van der Waals surface area contributed by atoms with Crippen molar-refractivity contribution in [2.45, 2.75) is 6.42 Å². The maximum atomic E-state index is 13.3. The van der Waals surface area contributed by atoms with Crippen molar-refractivity contribution >= 4 is 18.0 Å². The van der Waals surface area contributed by atoms with Gasteiger partial charge in [-0.3, -0.25) is 4.79 Å². The van der Waals surface area contributed by atoms with Crippen molar-refractivity contribution in [3.8, 4) is 0 Å². The normalized spacial score (nSPS) is 10.7. The summed E-state index contributed by atoms with van der Waals surface area (Å²) in [6.07, 6.45) is 2.32. The zero-order valence-corrected chi connectivity index (χ0v) is 8.61. The summed E-state index contributed by atoms with van der Waals surface area (Å²) in [7, 11) is 0. The van der Waals surface area contributed by atoms with E-state index in [4.69, 9.17) is 10.8 Å². The zero-order chi connectivity index (χ0) is 13.0. The van der Waals surface area contributed by atoms with Crippen molar-refractivity contribution < 1.29 is 23.5 Å². The van der Waals surface area contributed by atoms with E-state index in [1.54, 1.807) is 0 Å². The molecule has 0 spiro atoms. The van der Waals surface area contributed by atoms with Gasteiger partial charge in [0.05, 0.1) is 5.56 Å². The lowest BCUT2D eigenvalue weighted by molar-refractivity contribution is -0.117. The van der Waals surface area contributed by atoms with Crippen molar-refractivity contribution in [1.29, 1.82) is 0 Å². The number of hydrogen-bond donors (Lipinski definition) is 2. The van der Waals surface area contributed by atoms with E-state index >= 15 is 0 Å². The number of carbonyl (C=O) groups excluding carboxylic acids is 1. The number of carboxylic acid groups (broad SMARTS) is 1. The summed E-state index contributed by atoms with van der Waals surface area (Å²) in [5.74, 6) is -4.08. The first-order valence-corrected chi connectivity index (χ1v) is 4.59. The first-order chi connectivity index (χ1) is 7.91. The van der Waals surface area contributed by atoms with Gasteiger partial charge in [0.15, 0.2) is 0 Å². The number of primary amides is 1. The molecule has 0 radical (unpaired) electrons. The third kappa shape index (κ3) is 3.37. The predicted molar refractivity (Wildman–Crippen MR) is 56.2 cm³/mol. The Balaban J connectivity index is 3.03. The maximum absolute atomic E-state index is 13.3. The Morgan fingerprint density at radius 3 is 2.47 bits per heavy atom. The smallest absolute Gasteiger partial charge is 0.338 e. The lowest BCUT2D eigenvalue weighted by atomic mass is 10.1. The number of carboxylic acids is 1. The fourth-order valence-corrected chi connectivity index (χ4v) is 1.16. The van der Waals surface area contributed by atoms with E-state index in [2.05, 4.69) is 0 Å². The van der Waals surface area contributed by atoms with Crippen molar-refractivity contribution in [3.63, 3.8) is 0 Å². The molecule has 1 aromatic rings. The summed E-state index contributed by atoms with van der Waals surface area (Å²) in [5, 5.41) is 8.54. The Hall–Kier alpha value is -2.24. The lowest BCUT2D eigenvalue weighted by Crippen LogP contribution is -2.08. The molecule has 0 heterocycles. The molecule has 4 nitrogen and oxygen atoms in total. The molecular formula is C11H9F2NO3. The average molecular weight is 241 g/mol. The highest BCUT2D eigenvalue weighted by atomic mass is 19.1. The van der Waals surface area contributed by atoms with Crippen LogP contribution in [-0.4, -0.2) is 17.0 Å². The summed E-state index contributed by atoms with van der Waals surface area (Å²) >= 11 is 0. The largest absolute Gasteiger partial charge is 0.478 e. The summed E-state index contributed by atoms with van der Waals surface area (Å²) < 4.78 is 26.5. The van der Waals surface area contributed by atoms with Gasteiger partial charge in [0.25, 0.3) is 0 Å². The van der Waals surface area contributed by atoms with Crippen LogP contribution in [0.1, 0.15) is 22.3 Å². The van der Waals surface area contributed by atoms with Gasteiger partial charge in [-0.15, -0.1) is 0 Å². The van der Waals surface area contributed by atoms with Crippen LogP contribution in [-0.2, 0) is 4.79 Å². The van der Waals surface area contributed by atoms with Gasteiger partial charge in [-0.2, -0.15) is 0 Å². The Morgan fingerprint density at radius 1 is 1.29 bits per heavy atom. The third-order valence-electron chi connectivity index (χ3n) is 1.93. The summed E-state index contributed by atoms with van der Waals surface area (Å²) in [6, 6.07) is 1.33. The zero-order valence-electron chi connectivity index (χ0n) is 8.61. The topological polar surface area (TPSA) is 80.4 Å². The van der Waals surface area contributed by atoms with E-state index in [1.807, 2.05) is 0 Å². The van der Waals surface area contributed by atoms with Gasteiger partial charge >= 0.3 is 5.97 Å². The number of hydrogen-bond acceptors (Lipinski definition) is 2. The van der Waals surface area contributed by atoms with Crippen LogP contribution in [0.5, 0.6) is 0 Å². The minimum atomic E-state index is -1.55. The molecule has 1 aromatic carbocycles. The fourth-order valence-electron chi connectivity index (χ4n) is 1.16. The molecule has 90 valence electrons. The number of nitrogens with two attached hydrogens (primary N) is 1. The molecular weight excluding hydrogens is 232 g/mol. The number of amides is 1. The third-order valence-corrected chi connectivity index (χ3v) is 1.93. The van der Waals surface area contributed by atoms with Crippen LogP contribution in [0.3, 0.4) is 0 Å². The summed E-state index contributed by atoms with van der Waals surface area (Å²) in [4.78, 5) is 20.9. The van der Waals surface area contributed by atoms with Crippen LogP contribution in [0.25, 0.3) is 6.08 Å². The molecule has 0 fully saturated rings. The molecule has 17 heavy (non-hydrogen) atoms. The Morgan fingerprint density at radius 2 is 1.94 bits per heavy atom. The van der Waals surface area contributed by atoms with Crippen LogP contribution >= 0.6 is 0 Å². The van der Waals surface area contributed by atoms with E-state index < -0.39 is 29.1 Å². The van der Waals surface area contributed by atoms with Gasteiger partial charge in [0.2, 0.25) is 5.91 Å². The lowest BCUT2D eigenvalue weighted by Gasteiger charge is -2.01. The molecule has 0 aliphatic carbocycles. The van der Waals surface area contributed by atoms with Crippen molar-refractivity contribution in [1.82, 2.24) is 0 Å². The SMILES string of the molecule is NC(=O)CC=Cc1cc(F)c(C(=O)O)cc1F. The van der Waals surface area contributed by atoms with Crippen LogP contribution in [0.2, 0.25) is 0 Å². The van der Waals surface area contributed by atoms with Crippen LogP contribution < -0.4 is 5.73 Å². The quantitative estimate of drug-likeness (QED) is 0.839. The van der Waals surface area contributed by atoms with E-state index in [9.17, 15) is 18.4 Å². The van der Waals surface area contributed by atoms with Gasteiger partial charge in [-0.25, -0.2) is 13.6 Å². The number of aromatic carboxylic acids is 1. The van der Waals surface area contributed by atoms with Crippen molar-refractivity contribution in [2.75, 3.05) is 0 Å². The molecule has 1 amide bonds.